The number of ether oxygens (including phenoxy) is 3. The van der Waals surface area contributed by atoms with Gasteiger partial charge in [-0.2, -0.15) is 0 Å². The van der Waals surface area contributed by atoms with Crippen molar-refractivity contribution in [2.75, 3.05) is 26.8 Å². The van der Waals surface area contributed by atoms with Crippen molar-refractivity contribution in [2.45, 2.75) is 51.9 Å². The van der Waals surface area contributed by atoms with Crippen LogP contribution in [0.15, 0.2) is 59.4 Å². The van der Waals surface area contributed by atoms with Crippen LogP contribution < -0.4 is 30.4 Å². The van der Waals surface area contributed by atoms with E-state index in [1.807, 2.05) is 26.0 Å². The maximum Gasteiger partial charge on any atom is 0.258 e. The summed E-state index contributed by atoms with van der Waals surface area (Å²) in [4.78, 5) is 53.3. The lowest BCUT2D eigenvalue weighted by atomic mass is 10.00. The van der Waals surface area contributed by atoms with E-state index in [2.05, 4.69) is 10.6 Å². The Morgan fingerprint density at radius 1 is 1.07 bits per heavy atom. The number of likely N-dealkylation sites (tertiary alicyclic amines) is 1. The van der Waals surface area contributed by atoms with Gasteiger partial charge >= 0.3 is 0 Å². The van der Waals surface area contributed by atoms with E-state index in [1.165, 1.54) is 6.07 Å². The number of methoxy groups -OCH3 is 1. The van der Waals surface area contributed by atoms with Gasteiger partial charge in [0.1, 0.15) is 23.4 Å². The normalized spacial score (nSPS) is 18.8. The van der Waals surface area contributed by atoms with Gasteiger partial charge in [-0.05, 0) is 49.7 Å². The van der Waals surface area contributed by atoms with Crippen LogP contribution in [0.1, 0.15) is 40.0 Å². The molecule has 226 valence electrons. The topological polar surface area (TPSA) is 128 Å². The Hall–Kier alpha value is -4.80. The molecule has 4 heterocycles. The average Bonchev–Trinajstić information content (AvgIpc) is 3.00. The first-order chi connectivity index (χ1) is 20.7. The molecule has 0 spiro atoms. The Morgan fingerprint density at radius 3 is 2.70 bits per heavy atom. The van der Waals surface area contributed by atoms with Gasteiger partial charge in [-0.1, -0.05) is 12.1 Å². The zero-order chi connectivity index (χ0) is 30.5. The first-order valence-corrected chi connectivity index (χ1v) is 14.3. The minimum atomic E-state index is -0.526. The number of rotatable bonds is 4. The van der Waals surface area contributed by atoms with Crippen LogP contribution in [0.3, 0.4) is 0 Å². The van der Waals surface area contributed by atoms with Crippen molar-refractivity contribution in [2.24, 2.45) is 0 Å². The van der Waals surface area contributed by atoms with Crippen molar-refractivity contribution in [3.8, 4) is 17.2 Å². The third-order valence-corrected chi connectivity index (χ3v) is 7.87. The highest BCUT2D eigenvalue weighted by molar-refractivity contribution is 5.95. The number of carbonyl (C=O) groups is 3. The van der Waals surface area contributed by atoms with E-state index in [4.69, 9.17) is 14.2 Å². The summed E-state index contributed by atoms with van der Waals surface area (Å²) in [7, 11) is 1.55. The lowest BCUT2D eigenvalue weighted by Crippen LogP contribution is -2.58. The van der Waals surface area contributed by atoms with Crippen LogP contribution in [0.4, 0.5) is 0 Å². The molecule has 2 N–H and O–H groups in total. The molecule has 3 aliphatic heterocycles. The molecule has 1 aromatic heterocycles. The number of pyridine rings is 1. The second kappa shape index (κ2) is 13.0. The smallest absolute Gasteiger partial charge is 0.258 e. The molecule has 0 unspecified atom stereocenters. The Kier molecular flexibility index (Phi) is 8.98. The van der Waals surface area contributed by atoms with Gasteiger partial charge in [-0.3, -0.25) is 19.2 Å². The zero-order valence-corrected chi connectivity index (χ0v) is 24.6. The average molecular weight is 589 g/mol. The Morgan fingerprint density at radius 2 is 1.91 bits per heavy atom. The van der Waals surface area contributed by atoms with E-state index in [1.54, 1.807) is 53.0 Å². The predicted octanol–water partition coefficient (Wildman–Crippen LogP) is 2.35. The monoisotopic (exact) mass is 588 g/mol. The SMILES string of the molecule is COc1cc2ccc1CNC(=O)COc1cc(ccc1C)C(=O)N[C@H]1CN(C(=O)CCn3c(C)cccc3=O)CC[C@H]1O2. The van der Waals surface area contributed by atoms with E-state index in [9.17, 15) is 19.2 Å². The van der Waals surface area contributed by atoms with Gasteiger partial charge in [0.2, 0.25) is 5.91 Å². The van der Waals surface area contributed by atoms with Gasteiger partial charge in [0, 0.05) is 68.0 Å². The summed E-state index contributed by atoms with van der Waals surface area (Å²) in [6, 6.07) is 14.9. The van der Waals surface area contributed by atoms with Crippen LogP contribution in [0, 0.1) is 13.8 Å². The number of fused-ring (bicyclic) bond motifs is 7. The largest absolute Gasteiger partial charge is 0.496 e. The Labute approximate surface area is 249 Å². The highest BCUT2D eigenvalue weighted by atomic mass is 16.5. The summed E-state index contributed by atoms with van der Waals surface area (Å²) in [6.07, 6.45) is 0.198. The van der Waals surface area contributed by atoms with Crippen LogP contribution in [0.25, 0.3) is 0 Å². The van der Waals surface area contributed by atoms with Crippen LogP contribution in [0.2, 0.25) is 0 Å². The van der Waals surface area contributed by atoms with E-state index in [0.29, 0.717) is 35.8 Å². The molecule has 2 atom stereocenters. The molecule has 3 amide bonds. The van der Waals surface area contributed by atoms with E-state index in [0.717, 1.165) is 16.8 Å². The van der Waals surface area contributed by atoms with Crippen molar-refractivity contribution in [3.05, 3.63) is 87.3 Å². The molecule has 3 aromatic rings. The number of aromatic nitrogens is 1. The lowest BCUT2D eigenvalue weighted by Gasteiger charge is -2.39. The number of carbonyl (C=O) groups excluding carboxylic acids is 3. The number of nitrogens with zero attached hydrogens (tertiary/aromatic N) is 2. The number of aryl methyl sites for hydroxylation is 2. The molecule has 4 bridgehead atoms. The quantitative estimate of drug-likeness (QED) is 0.479. The summed E-state index contributed by atoms with van der Waals surface area (Å²) in [5.41, 5.74) is 2.54. The molecule has 0 radical (unpaired) electrons. The van der Waals surface area contributed by atoms with E-state index < -0.39 is 12.1 Å². The van der Waals surface area contributed by atoms with Crippen LogP contribution in [-0.2, 0) is 22.7 Å². The van der Waals surface area contributed by atoms with Gasteiger partial charge in [-0.25, -0.2) is 0 Å². The molecule has 43 heavy (non-hydrogen) atoms. The van der Waals surface area contributed by atoms with Crippen molar-refractivity contribution in [1.29, 1.82) is 0 Å². The number of benzene rings is 2. The van der Waals surface area contributed by atoms with Crippen molar-refractivity contribution in [3.63, 3.8) is 0 Å². The molecule has 11 nitrogen and oxygen atoms in total. The summed E-state index contributed by atoms with van der Waals surface area (Å²) in [5.74, 6) is 0.731. The molecule has 2 aromatic carbocycles. The maximum absolute atomic E-state index is 13.5. The second-order valence-electron chi connectivity index (χ2n) is 10.8. The molecule has 11 heteroatoms. The highest BCUT2D eigenvalue weighted by Crippen LogP contribution is 2.28. The third kappa shape index (κ3) is 6.99. The van der Waals surface area contributed by atoms with Crippen molar-refractivity contribution < 1.29 is 28.6 Å². The van der Waals surface area contributed by atoms with Gasteiger partial charge < -0.3 is 34.3 Å². The summed E-state index contributed by atoms with van der Waals surface area (Å²) >= 11 is 0. The summed E-state index contributed by atoms with van der Waals surface area (Å²) < 4.78 is 19.3. The first kappa shape index (κ1) is 29.7. The molecular weight excluding hydrogens is 552 g/mol. The summed E-state index contributed by atoms with van der Waals surface area (Å²) in [5, 5.41) is 5.90. The minimum absolute atomic E-state index is 0.111. The molecule has 1 fully saturated rings. The number of piperidine rings is 1. The van der Waals surface area contributed by atoms with Gasteiger partial charge in [0.05, 0.1) is 13.2 Å². The summed E-state index contributed by atoms with van der Waals surface area (Å²) in [6.45, 7) is 4.64. The number of hydrogen-bond donors (Lipinski definition) is 2. The molecular formula is C32H36N4O7. The van der Waals surface area contributed by atoms with Crippen molar-refractivity contribution >= 4 is 17.7 Å². The fourth-order valence-electron chi connectivity index (χ4n) is 5.37. The highest BCUT2D eigenvalue weighted by Gasteiger charge is 2.34. The molecule has 1 saturated heterocycles. The van der Waals surface area contributed by atoms with Gasteiger partial charge in [0.15, 0.2) is 6.61 Å². The van der Waals surface area contributed by atoms with Crippen LogP contribution in [0.5, 0.6) is 17.2 Å². The zero-order valence-electron chi connectivity index (χ0n) is 24.6. The lowest BCUT2D eigenvalue weighted by molar-refractivity contribution is -0.134. The molecule has 6 rings (SSSR count). The van der Waals surface area contributed by atoms with Gasteiger partial charge in [0.25, 0.3) is 17.4 Å². The molecule has 3 aliphatic rings. The first-order valence-electron chi connectivity index (χ1n) is 14.3. The van der Waals surface area contributed by atoms with E-state index >= 15 is 0 Å². The number of nitrogens with one attached hydrogen (secondary N) is 2. The fourth-order valence-corrected chi connectivity index (χ4v) is 5.37. The number of amides is 3. The Bertz CT molecular complexity index is 1580. The number of hydrogen-bond acceptors (Lipinski definition) is 7. The van der Waals surface area contributed by atoms with Crippen molar-refractivity contribution in [1.82, 2.24) is 20.1 Å². The molecule has 0 aliphatic carbocycles. The van der Waals surface area contributed by atoms with Crippen LogP contribution in [-0.4, -0.2) is 66.1 Å². The predicted molar refractivity (Wildman–Crippen MR) is 158 cm³/mol. The second-order valence-corrected chi connectivity index (χ2v) is 10.8. The van der Waals surface area contributed by atoms with E-state index in [-0.39, 0.29) is 55.9 Å². The fraction of sp³-hybridized carbons (Fsp3) is 0.375. The minimum Gasteiger partial charge on any atom is -0.496 e. The third-order valence-electron chi connectivity index (χ3n) is 7.87. The maximum atomic E-state index is 13.5. The van der Waals surface area contributed by atoms with Gasteiger partial charge in [-0.15, -0.1) is 0 Å². The standard InChI is InChI=1S/C32H36N4O7/c1-20-7-8-22-15-27(20)42-19-29(37)33-17-23-9-10-24(16-28(23)41-3)43-26-11-13-35(18-25(26)34-32(22)40)30(38)12-14-36-21(2)5-4-6-31(36)39/h4-10,15-16,25-26H,11-14,17-19H2,1-3H3,(H,33,37)(H,34,40)/t25-,26+/m0/s1. The molecule has 0 saturated carbocycles. The Balaban J connectivity index is 1.40. The van der Waals surface area contributed by atoms with Crippen LogP contribution >= 0.6 is 0 Å².